The van der Waals surface area contributed by atoms with Crippen LogP contribution in [0.15, 0.2) is 71.6 Å². The maximum absolute atomic E-state index is 13.0. The van der Waals surface area contributed by atoms with Crippen molar-refractivity contribution in [2.75, 3.05) is 24.5 Å². The lowest BCUT2D eigenvalue weighted by Crippen LogP contribution is -2.25. The molecule has 0 spiro atoms. The number of benzene rings is 3. The van der Waals surface area contributed by atoms with E-state index in [2.05, 4.69) is 10.0 Å². The van der Waals surface area contributed by atoms with Gasteiger partial charge in [0.25, 0.3) is 15.9 Å². The van der Waals surface area contributed by atoms with Crippen LogP contribution in [-0.2, 0) is 27.9 Å². The second-order valence-electron chi connectivity index (χ2n) is 7.59. The Morgan fingerprint density at radius 2 is 1.65 bits per heavy atom. The SMILES string of the molecule is CCOCc1ccc(CNC(=O)c2ccccc2NS(=O)(=O)c2ccc3c(c2)OCCO3)cc1. The highest BCUT2D eigenvalue weighted by Gasteiger charge is 2.21. The van der Waals surface area contributed by atoms with Crippen LogP contribution in [0.5, 0.6) is 11.5 Å². The van der Waals surface area contributed by atoms with Crippen molar-refractivity contribution >= 4 is 21.6 Å². The maximum atomic E-state index is 13.0. The van der Waals surface area contributed by atoms with Crippen LogP contribution in [0.3, 0.4) is 0 Å². The van der Waals surface area contributed by atoms with Crippen LogP contribution in [0, 0.1) is 0 Å². The van der Waals surface area contributed by atoms with Crippen molar-refractivity contribution in [2.24, 2.45) is 0 Å². The molecule has 0 radical (unpaired) electrons. The predicted molar refractivity (Wildman–Crippen MR) is 128 cm³/mol. The molecular formula is C25H26N2O6S. The Morgan fingerprint density at radius 3 is 2.41 bits per heavy atom. The molecule has 1 aliphatic rings. The van der Waals surface area contributed by atoms with E-state index in [1.54, 1.807) is 30.3 Å². The van der Waals surface area contributed by atoms with Crippen molar-refractivity contribution in [3.8, 4) is 11.5 Å². The van der Waals surface area contributed by atoms with Gasteiger partial charge in [-0.1, -0.05) is 36.4 Å². The van der Waals surface area contributed by atoms with E-state index in [1.165, 1.54) is 12.1 Å². The summed E-state index contributed by atoms with van der Waals surface area (Å²) in [5, 5.41) is 2.84. The Labute approximate surface area is 198 Å². The number of anilines is 1. The van der Waals surface area contributed by atoms with E-state index >= 15 is 0 Å². The van der Waals surface area contributed by atoms with Gasteiger partial charge in [-0.2, -0.15) is 0 Å². The number of rotatable bonds is 9. The van der Waals surface area contributed by atoms with Gasteiger partial charge in [-0.15, -0.1) is 0 Å². The average Bonchev–Trinajstić information content (AvgIpc) is 2.86. The van der Waals surface area contributed by atoms with E-state index in [4.69, 9.17) is 14.2 Å². The molecule has 3 aromatic carbocycles. The first kappa shape index (κ1) is 23.6. The van der Waals surface area contributed by atoms with Crippen molar-refractivity contribution < 1.29 is 27.4 Å². The molecule has 0 bridgehead atoms. The average molecular weight is 483 g/mol. The second kappa shape index (κ2) is 10.6. The maximum Gasteiger partial charge on any atom is 0.262 e. The van der Waals surface area contributed by atoms with Crippen LogP contribution in [0.4, 0.5) is 5.69 Å². The van der Waals surface area contributed by atoms with Gasteiger partial charge in [0.15, 0.2) is 11.5 Å². The van der Waals surface area contributed by atoms with Gasteiger partial charge in [-0.05, 0) is 42.3 Å². The summed E-state index contributed by atoms with van der Waals surface area (Å²) in [7, 11) is -3.96. The van der Waals surface area contributed by atoms with Gasteiger partial charge in [0.05, 0.1) is 22.8 Å². The van der Waals surface area contributed by atoms with Crippen LogP contribution in [0.25, 0.3) is 0 Å². The minimum Gasteiger partial charge on any atom is -0.486 e. The molecule has 0 atom stereocenters. The lowest BCUT2D eigenvalue weighted by molar-refractivity contribution is 0.0951. The normalized spacial score (nSPS) is 12.7. The first-order valence-electron chi connectivity index (χ1n) is 10.9. The highest BCUT2D eigenvalue weighted by atomic mass is 32.2. The number of fused-ring (bicyclic) bond motifs is 1. The molecule has 1 amide bonds. The molecule has 178 valence electrons. The zero-order valence-electron chi connectivity index (χ0n) is 18.7. The number of ether oxygens (including phenoxy) is 3. The molecule has 3 aromatic rings. The Bertz CT molecular complexity index is 1260. The number of para-hydroxylation sites is 1. The number of carbonyl (C=O) groups excluding carboxylic acids is 1. The molecule has 0 saturated carbocycles. The molecule has 9 heteroatoms. The predicted octanol–water partition coefficient (Wildman–Crippen LogP) is 3.73. The molecular weight excluding hydrogens is 456 g/mol. The monoisotopic (exact) mass is 482 g/mol. The number of hydrogen-bond donors (Lipinski definition) is 2. The van der Waals surface area contributed by atoms with Gasteiger partial charge in [0.2, 0.25) is 0 Å². The molecule has 34 heavy (non-hydrogen) atoms. The number of carbonyl (C=O) groups is 1. The largest absolute Gasteiger partial charge is 0.486 e. The van der Waals surface area contributed by atoms with E-state index in [9.17, 15) is 13.2 Å². The third kappa shape index (κ3) is 5.67. The molecule has 4 rings (SSSR count). The van der Waals surface area contributed by atoms with E-state index in [0.29, 0.717) is 44.5 Å². The van der Waals surface area contributed by atoms with Crippen LogP contribution in [0.1, 0.15) is 28.4 Å². The molecule has 0 unspecified atom stereocenters. The summed E-state index contributed by atoms with van der Waals surface area (Å²) in [5.41, 5.74) is 2.37. The summed E-state index contributed by atoms with van der Waals surface area (Å²) < 4.78 is 44.8. The summed E-state index contributed by atoms with van der Waals surface area (Å²) in [6.45, 7) is 4.20. The first-order chi connectivity index (χ1) is 16.5. The van der Waals surface area contributed by atoms with Crippen LogP contribution >= 0.6 is 0 Å². The molecule has 1 heterocycles. The summed E-state index contributed by atoms with van der Waals surface area (Å²) in [6, 6.07) is 18.6. The summed E-state index contributed by atoms with van der Waals surface area (Å²) in [5.74, 6) is 0.474. The van der Waals surface area contributed by atoms with Gasteiger partial charge in [0, 0.05) is 19.2 Å². The smallest absolute Gasteiger partial charge is 0.262 e. The first-order valence-corrected chi connectivity index (χ1v) is 12.4. The van der Waals surface area contributed by atoms with Gasteiger partial charge < -0.3 is 19.5 Å². The van der Waals surface area contributed by atoms with Crippen LogP contribution in [0.2, 0.25) is 0 Å². The van der Waals surface area contributed by atoms with E-state index in [-0.39, 0.29) is 22.1 Å². The summed E-state index contributed by atoms with van der Waals surface area (Å²) >= 11 is 0. The van der Waals surface area contributed by atoms with Crippen molar-refractivity contribution in [1.82, 2.24) is 5.32 Å². The van der Waals surface area contributed by atoms with Crippen molar-refractivity contribution in [3.05, 3.63) is 83.4 Å². The molecule has 1 aliphatic heterocycles. The number of sulfonamides is 1. The van der Waals surface area contributed by atoms with Gasteiger partial charge >= 0.3 is 0 Å². The highest BCUT2D eigenvalue weighted by molar-refractivity contribution is 7.92. The van der Waals surface area contributed by atoms with E-state index < -0.39 is 10.0 Å². The van der Waals surface area contributed by atoms with Crippen LogP contribution < -0.4 is 19.5 Å². The number of hydrogen-bond acceptors (Lipinski definition) is 6. The van der Waals surface area contributed by atoms with E-state index in [1.807, 2.05) is 31.2 Å². The zero-order chi connectivity index (χ0) is 24.0. The molecule has 0 aromatic heterocycles. The Kier molecular flexibility index (Phi) is 7.34. The third-order valence-electron chi connectivity index (χ3n) is 5.19. The molecule has 2 N–H and O–H groups in total. The van der Waals surface area contributed by atoms with Crippen molar-refractivity contribution in [3.63, 3.8) is 0 Å². The fourth-order valence-corrected chi connectivity index (χ4v) is 4.51. The quantitative estimate of drug-likeness (QED) is 0.482. The Hall–Kier alpha value is -3.56. The Balaban J connectivity index is 1.45. The van der Waals surface area contributed by atoms with Crippen LogP contribution in [-0.4, -0.2) is 34.1 Å². The number of nitrogens with one attached hydrogen (secondary N) is 2. The lowest BCUT2D eigenvalue weighted by atomic mass is 10.1. The fraction of sp³-hybridized carbons (Fsp3) is 0.240. The van der Waals surface area contributed by atoms with Crippen molar-refractivity contribution in [2.45, 2.75) is 25.0 Å². The van der Waals surface area contributed by atoms with Gasteiger partial charge in [0.1, 0.15) is 13.2 Å². The topological polar surface area (TPSA) is 103 Å². The second-order valence-corrected chi connectivity index (χ2v) is 9.28. The molecule has 0 saturated heterocycles. The highest BCUT2D eigenvalue weighted by Crippen LogP contribution is 2.33. The minimum atomic E-state index is -3.96. The summed E-state index contributed by atoms with van der Waals surface area (Å²) in [6.07, 6.45) is 0. The molecule has 0 fully saturated rings. The van der Waals surface area contributed by atoms with E-state index in [0.717, 1.165) is 11.1 Å². The van der Waals surface area contributed by atoms with Gasteiger partial charge in [-0.3, -0.25) is 9.52 Å². The third-order valence-corrected chi connectivity index (χ3v) is 6.55. The minimum absolute atomic E-state index is 0.0131. The zero-order valence-corrected chi connectivity index (χ0v) is 19.6. The standard InChI is InChI=1S/C25H26N2O6S/c1-2-31-17-19-9-7-18(8-10-19)16-26-25(28)21-5-3-4-6-22(21)27-34(29,30)20-11-12-23-24(15-20)33-14-13-32-23/h3-12,15,27H,2,13-14,16-17H2,1H3,(H,26,28). The van der Waals surface area contributed by atoms with Crippen molar-refractivity contribution in [1.29, 1.82) is 0 Å². The number of amides is 1. The fourth-order valence-electron chi connectivity index (χ4n) is 3.42. The molecule has 0 aliphatic carbocycles. The lowest BCUT2D eigenvalue weighted by Gasteiger charge is -2.19. The van der Waals surface area contributed by atoms with Gasteiger partial charge in [-0.25, -0.2) is 8.42 Å². The molecule has 8 nitrogen and oxygen atoms in total. The Morgan fingerprint density at radius 1 is 0.941 bits per heavy atom. The summed E-state index contributed by atoms with van der Waals surface area (Å²) in [4.78, 5) is 12.9.